The van der Waals surface area contributed by atoms with Gasteiger partial charge in [0, 0.05) is 6.42 Å². The summed E-state index contributed by atoms with van der Waals surface area (Å²) < 4.78 is 13.6. The SMILES string of the molecule is [B]C(=O)N[C@H](C(=O)N1CC(F)C[C@H]1C(N)=O)C1CCCCC1. The van der Waals surface area contributed by atoms with E-state index in [-0.39, 0.29) is 18.9 Å². The summed E-state index contributed by atoms with van der Waals surface area (Å²) in [5, 5.41) is 2.47. The fraction of sp³-hybridized carbons (Fsp3) is 0.786. The number of likely N-dealkylation sites (tertiary alicyclic amines) is 1. The summed E-state index contributed by atoms with van der Waals surface area (Å²) in [7, 11) is 5.17. The fourth-order valence-electron chi connectivity index (χ4n) is 3.48. The van der Waals surface area contributed by atoms with Gasteiger partial charge in [-0.2, -0.15) is 0 Å². The largest absolute Gasteiger partial charge is 0.368 e. The van der Waals surface area contributed by atoms with Crippen LogP contribution in [0.5, 0.6) is 0 Å². The Morgan fingerprint density at radius 2 is 1.86 bits per heavy atom. The number of nitrogens with two attached hydrogens (primary N) is 1. The van der Waals surface area contributed by atoms with Crippen LogP contribution in [-0.2, 0) is 9.59 Å². The highest BCUT2D eigenvalue weighted by Gasteiger charge is 2.43. The lowest BCUT2D eigenvalue weighted by atomic mass is 9.82. The molecule has 1 aliphatic carbocycles. The third kappa shape index (κ3) is 3.78. The number of nitrogens with zero attached hydrogens (tertiary/aromatic N) is 1. The minimum absolute atomic E-state index is 0.0408. The highest BCUT2D eigenvalue weighted by atomic mass is 19.1. The molecule has 1 unspecified atom stereocenters. The van der Waals surface area contributed by atoms with Gasteiger partial charge in [-0.3, -0.25) is 14.4 Å². The van der Waals surface area contributed by atoms with Crippen LogP contribution in [0.25, 0.3) is 0 Å². The summed E-state index contributed by atoms with van der Waals surface area (Å²) in [5.41, 5.74) is 5.26. The summed E-state index contributed by atoms with van der Waals surface area (Å²) in [6, 6.07) is -1.77. The number of rotatable bonds is 4. The number of halogens is 1. The van der Waals surface area contributed by atoms with Crippen molar-refractivity contribution in [1.29, 1.82) is 0 Å². The van der Waals surface area contributed by atoms with Crippen molar-refractivity contribution in [1.82, 2.24) is 10.2 Å². The zero-order valence-electron chi connectivity index (χ0n) is 12.5. The molecule has 0 aromatic rings. The van der Waals surface area contributed by atoms with Crippen LogP contribution in [0.4, 0.5) is 9.18 Å². The van der Waals surface area contributed by atoms with Gasteiger partial charge in [0.05, 0.1) is 6.54 Å². The first kappa shape index (κ1) is 16.8. The standard InChI is InChI=1S/C14H21BFN3O3/c15-14(22)18-11(8-4-2-1-3-5-8)13(21)19-7-9(16)6-10(19)12(17)20/h8-11H,1-7H2,(H2,17,20)(H,18,22)/t9?,10-,11-/m0/s1. The normalized spacial score (nSPS) is 27.4. The second kappa shape index (κ2) is 7.11. The van der Waals surface area contributed by atoms with Gasteiger partial charge < -0.3 is 16.0 Å². The Morgan fingerprint density at radius 3 is 2.41 bits per heavy atom. The molecule has 0 spiro atoms. The molecule has 1 aliphatic heterocycles. The van der Waals surface area contributed by atoms with E-state index in [1.807, 2.05) is 0 Å². The molecule has 2 radical (unpaired) electrons. The van der Waals surface area contributed by atoms with Crippen LogP contribution in [-0.4, -0.2) is 55.2 Å². The number of hydrogen-bond donors (Lipinski definition) is 2. The molecule has 0 aromatic heterocycles. The maximum Gasteiger partial charge on any atom is 0.246 e. The van der Waals surface area contributed by atoms with Crippen molar-refractivity contribution in [3.8, 4) is 0 Å². The molecule has 3 N–H and O–H groups in total. The Morgan fingerprint density at radius 1 is 1.23 bits per heavy atom. The molecule has 3 atom stereocenters. The van der Waals surface area contributed by atoms with E-state index in [2.05, 4.69) is 5.32 Å². The minimum atomic E-state index is -1.28. The van der Waals surface area contributed by atoms with Crippen LogP contribution < -0.4 is 11.1 Å². The van der Waals surface area contributed by atoms with Crippen molar-refractivity contribution < 1.29 is 18.8 Å². The Balaban J connectivity index is 2.16. The minimum Gasteiger partial charge on any atom is -0.368 e. The third-order valence-corrected chi connectivity index (χ3v) is 4.55. The van der Waals surface area contributed by atoms with E-state index in [4.69, 9.17) is 13.6 Å². The zero-order chi connectivity index (χ0) is 16.3. The molecule has 1 saturated carbocycles. The number of carbonyl (C=O) groups excluding carboxylic acids is 3. The molecule has 2 fully saturated rings. The maximum atomic E-state index is 13.6. The lowest BCUT2D eigenvalue weighted by Gasteiger charge is -2.34. The molecule has 0 bridgehead atoms. The average Bonchev–Trinajstić information content (AvgIpc) is 2.87. The van der Waals surface area contributed by atoms with Crippen LogP contribution in [0.1, 0.15) is 38.5 Å². The van der Waals surface area contributed by atoms with Crippen molar-refractivity contribution in [3.05, 3.63) is 0 Å². The van der Waals surface area contributed by atoms with Gasteiger partial charge in [-0.25, -0.2) is 4.39 Å². The predicted octanol–water partition coefficient (Wildman–Crippen LogP) is 0.238. The van der Waals surface area contributed by atoms with Crippen LogP contribution in [0.2, 0.25) is 0 Å². The van der Waals surface area contributed by atoms with Crippen molar-refractivity contribution in [2.45, 2.75) is 56.8 Å². The lowest BCUT2D eigenvalue weighted by Crippen LogP contribution is -2.55. The summed E-state index contributed by atoms with van der Waals surface area (Å²) in [6.45, 7) is -0.171. The van der Waals surface area contributed by atoms with Crippen LogP contribution in [0, 0.1) is 5.92 Å². The van der Waals surface area contributed by atoms with E-state index in [1.165, 1.54) is 0 Å². The second-order valence-electron chi connectivity index (χ2n) is 6.13. The quantitative estimate of drug-likeness (QED) is 0.729. The Labute approximate surface area is 130 Å². The van der Waals surface area contributed by atoms with Gasteiger partial charge in [-0.05, 0) is 18.8 Å². The topological polar surface area (TPSA) is 92.5 Å². The average molecular weight is 309 g/mol. The van der Waals surface area contributed by atoms with Gasteiger partial charge in [-0.1, -0.05) is 19.3 Å². The second-order valence-corrected chi connectivity index (χ2v) is 6.13. The molecule has 8 heteroatoms. The van der Waals surface area contributed by atoms with Crippen molar-refractivity contribution in [3.63, 3.8) is 0 Å². The van der Waals surface area contributed by atoms with Crippen molar-refractivity contribution in [2.24, 2.45) is 11.7 Å². The predicted molar refractivity (Wildman–Crippen MR) is 78.9 cm³/mol. The van der Waals surface area contributed by atoms with Crippen LogP contribution in [0.3, 0.4) is 0 Å². The maximum absolute atomic E-state index is 13.6. The van der Waals surface area contributed by atoms with Gasteiger partial charge in [0.25, 0.3) is 0 Å². The fourth-order valence-corrected chi connectivity index (χ4v) is 3.48. The Kier molecular flexibility index (Phi) is 5.42. The monoisotopic (exact) mass is 309 g/mol. The summed E-state index contributed by atoms with van der Waals surface area (Å²) in [4.78, 5) is 36.5. The van der Waals surface area contributed by atoms with Crippen molar-refractivity contribution >= 4 is 25.5 Å². The van der Waals surface area contributed by atoms with Crippen LogP contribution in [0.15, 0.2) is 0 Å². The number of nitrogens with one attached hydrogen (secondary N) is 1. The summed E-state index contributed by atoms with van der Waals surface area (Å²) >= 11 is 0. The zero-order valence-corrected chi connectivity index (χ0v) is 12.5. The molecular formula is C14H21BFN3O3. The van der Waals surface area contributed by atoms with E-state index in [0.717, 1.165) is 37.0 Å². The number of carbonyl (C=O) groups is 3. The molecule has 1 heterocycles. The van der Waals surface area contributed by atoms with E-state index in [9.17, 15) is 18.8 Å². The van der Waals surface area contributed by atoms with Gasteiger partial charge >= 0.3 is 0 Å². The molecular weight excluding hydrogens is 288 g/mol. The van der Waals surface area contributed by atoms with E-state index in [0.29, 0.717) is 0 Å². The van der Waals surface area contributed by atoms with Gasteiger partial charge in [0.2, 0.25) is 19.7 Å². The van der Waals surface area contributed by atoms with Gasteiger partial charge in [0.15, 0.2) is 5.81 Å². The molecule has 0 aromatic carbocycles. The molecule has 6 nitrogen and oxygen atoms in total. The molecule has 2 rings (SSSR count). The molecule has 3 amide bonds. The lowest BCUT2D eigenvalue weighted by molar-refractivity contribution is -0.140. The van der Waals surface area contributed by atoms with E-state index < -0.39 is 35.9 Å². The highest BCUT2D eigenvalue weighted by molar-refractivity contribution is 6.57. The number of primary amides is 1. The van der Waals surface area contributed by atoms with E-state index >= 15 is 0 Å². The molecule has 1 saturated heterocycles. The van der Waals surface area contributed by atoms with Crippen LogP contribution >= 0.6 is 0 Å². The number of alkyl halides is 1. The summed E-state index contributed by atoms with van der Waals surface area (Å²) in [5.74, 6) is -2.03. The first-order valence-corrected chi connectivity index (χ1v) is 7.70. The van der Waals surface area contributed by atoms with Gasteiger partial charge in [-0.15, -0.1) is 0 Å². The smallest absolute Gasteiger partial charge is 0.246 e. The third-order valence-electron chi connectivity index (χ3n) is 4.55. The molecule has 22 heavy (non-hydrogen) atoms. The first-order valence-electron chi connectivity index (χ1n) is 7.70. The number of hydrogen-bond acceptors (Lipinski definition) is 3. The number of amides is 3. The van der Waals surface area contributed by atoms with Gasteiger partial charge in [0.1, 0.15) is 18.3 Å². The van der Waals surface area contributed by atoms with E-state index in [1.54, 1.807) is 0 Å². The Bertz CT molecular complexity index is 457. The first-order chi connectivity index (χ1) is 10.4. The highest BCUT2D eigenvalue weighted by Crippen LogP contribution is 2.29. The molecule has 120 valence electrons. The van der Waals surface area contributed by atoms with Crippen molar-refractivity contribution in [2.75, 3.05) is 6.54 Å². The Hall–Kier alpha value is -1.60. The molecule has 2 aliphatic rings. The summed E-state index contributed by atoms with van der Waals surface area (Å²) in [6.07, 6.45) is 3.26.